The largest absolute Gasteiger partial charge is 0.341 e. The quantitative estimate of drug-likeness (QED) is 0.848. The number of carbonyl (C=O) groups excluding carboxylic acids is 1. The van der Waals surface area contributed by atoms with Crippen molar-refractivity contribution in [2.75, 3.05) is 13.1 Å². The average molecular weight is 372 g/mol. The minimum atomic E-state index is -3.67. The third-order valence-corrected chi connectivity index (χ3v) is 5.84. The molecule has 5 nitrogen and oxygen atoms in total. The summed E-state index contributed by atoms with van der Waals surface area (Å²) in [5, 5.41) is 0. The highest BCUT2D eigenvalue weighted by Crippen LogP contribution is 2.21. The van der Waals surface area contributed by atoms with Gasteiger partial charge in [0.1, 0.15) is 6.04 Å². The lowest BCUT2D eigenvalue weighted by molar-refractivity contribution is -0.132. The topological polar surface area (TPSA) is 66.5 Å². The molecule has 26 heavy (non-hydrogen) atoms. The van der Waals surface area contributed by atoms with Crippen LogP contribution in [0.15, 0.2) is 54.6 Å². The van der Waals surface area contributed by atoms with Crippen molar-refractivity contribution in [3.05, 3.63) is 71.3 Å². The highest BCUT2D eigenvalue weighted by atomic mass is 32.2. The van der Waals surface area contributed by atoms with Gasteiger partial charge in [0.2, 0.25) is 15.9 Å². The fourth-order valence-electron chi connectivity index (χ4n) is 3.27. The smallest absolute Gasteiger partial charge is 0.245 e. The molecule has 6 heteroatoms. The number of aryl methyl sites for hydroxylation is 1. The molecule has 0 radical (unpaired) electrons. The maximum absolute atomic E-state index is 12.9. The summed E-state index contributed by atoms with van der Waals surface area (Å²) in [7, 11) is -3.67. The number of hydrogen-bond acceptors (Lipinski definition) is 3. The van der Waals surface area contributed by atoms with Crippen LogP contribution in [-0.2, 0) is 20.6 Å². The van der Waals surface area contributed by atoms with Crippen LogP contribution in [0, 0.1) is 6.92 Å². The second kappa shape index (κ2) is 8.01. The Labute approximate surface area is 155 Å². The van der Waals surface area contributed by atoms with Crippen LogP contribution >= 0.6 is 0 Å². The zero-order chi connectivity index (χ0) is 18.6. The number of likely N-dealkylation sites (tertiary alicyclic amines) is 1. The van der Waals surface area contributed by atoms with E-state index in [2.05, 4.69) is 4.72 Å². The van der Waals surface area contributed by atoms with Gasteiger partial charge in [-0.2, -0.15) is 4.72 Å². The number of nitrogens with zero attached hydrogens (tertiary/aromatic N) is 1. The van der Waals surface area contributed by atoms with Gasteiger partial charge in [0.05, 0.1) is 5.75 Å². The fourth-order valence-corrected chi connectivity index (χ4v) is 4.57. The van der Waals surface area contributed by atoms with Gasteiger partial charge in [-0.3, -0.25) is 4.79 Å². The predicted molar refractivity (Wildman–Crippen MR) is 102 cm³/mol. The number of amides is 1. The Hall–Kier alpha value is -2.18. The second-order valence-electron chi connectivity index (χ2n) is 6.74. The molecule has 0 unspecified atom stereocenters. The van der Waals surface area contributed by atoms with Crippen molar-refractivity contribution in [3.8, 4) is 0 Å². The molecule has 1 aliphatic heterocycles. The van der Waals surface area contributed by atoms with Crippen LogP contribution in [0.3, 0.4) is 0 Å². The molecule has 3 rings (SSSR count). The van der Waals surface area contributed by atoms with Crippen molar-refractivity contribution in [1.29, 1.82) is 0 Å². The summed E-state index contributed by atoms with van der Waals surface area (Å²) in [4.78, 5) is 14.7. The van der Waals surface area contributed by atoms with Gasteiger partial charge in [-0.05, 0) is 30.9 Å². The Balaban J connectivity index is 1.83. The van der Waals surface area contributed by atoms with E-state index in [1.807, 2.05) is 43.3 Å². The molecule has 1 saturated heterocycles. The summed E-state index contributed by atoms with van der Waals surface area (Å²) in [5.74, 6) is -0.327. The zero-order valence-corrected chi connectivity index (χ0v) is 15.7. The normalized spacial score (nSPS) is 15.8. The first-order chi connectivity index (χ1) is 12.4. The van der Waals surface area contributed by atoms with E-state index in [-0.39, 0.29) is 11.7 Å². The molecule has 2 aromatic carbocycles. The van der Waals surface area contributed by atoms with E-state index in [9.17, 15) is 13.2 Å². The van der Waals surface area contributed by atoms with Gasteiger partial charge in [0.15, 0.2) is 0 Å². The number of rotatable bonds is 6. The van der Waals surface area contributed by atoms with Gasteiger partial charge in [0.25, 0.3) is 0 Å². The van der Waals surface area contributed by atoms with Crippen molar-refractivity contribution in [1.82, 2.24) is 9.62 Å². The van der Waals surface area contributed by atoms with Gasteiger partial charge < -0.3 is 4.90 Å². The van der Waals surface area contributed by atoms with E-state index in [1.54, 1.807) is 23.1 Å². The molecular weight excluding hydrogens is 348 g/mol. The molecule has 0 aliphatic carbocycles. The lowest BCUT2D eigenvalue weighted by atomic mass is 10.1. The van der Waals surface area contributed by atoms with Crippen LogP contribution < -0.4 is 4.72 Å². The van der Waals surface area contributed by atoms with Crippen molar-refractivity contribution in [3.63, 3.8) is 0 Å². The molecule has 1 amide bonds. The predicted octanol–water partition coefficient (Wildman–Crippen LogP) is 2.78. The van der Waals surface area contributed by atoms with Crippen molar-refractivity contribution in [2.24, 2.45) is 0 Å². The first-order valence-corrected chi connectivity index (χ1v) is 10.5. The van der Waals surface area contributed by atoms with Gasteiger partial charge in [-0.1, -0.05) is 60.2 Å². The molecule has 1 fully saturated rings. The highest BCUT2D eigenvalue weighted by molar-refractivity contribution is 7.88. The number of sulfonamides is 1. The molecule has 1 atom stereocenters. The molecule has 0 spiro atoms. The first kappa shape index (κ1) is 18.6. The molecule has 138 valence electrons. The summed E-state index contributed by atoms with van der Waals surface area (Å²) in [6.45, 7) is 3.29. The monoisotopic (exact) mass is 372 g/mol. The summed E-state index contributed by atoms with van der Waals surface area (Å²) in [6.07, 6.45) is 1.92. The molecule has 1 heterocycles. The lowest BCUT2D eigenvalue weighted by Gasteiger charge is -2.24. The Bertz CT molecular complexity index is 860. The number of carbonyl (C=O) groups is 1. The third kappa shape index (κ3) is 4.71. The minimum absolute atomic E-state index is 0.148. The third-order valence-electron chi connectivity index (χ3n) is 4.53. The van der Waals surface area contributed by atoms with E-state index in [0.29, 0.717) is 24.2 Å². The Kier molecular flexibility index (Phi) is 5.74. The summed E-state index contributed by atoms with van der Waals surface area (Å²) in [6, 6.07) is 15.6. The van der Waals surface area contributed by atoms with Crippen molar-refractivity contribution >= 4 is 15.9 Å². The van der Waals surface area contributed by atoms with E-state index in [0.717, 1.165) is 18.4 Å². The standard InChI is InChI=1S/C20H24N2O3S/c1-16-8-7-9-17(14-16)15-26(24,25)21-19(18-10-3-2-4-11-18)20(23)22-12-5-6-13-22/h2-4,7-11,14,19,21H,5-6,12-13,15H2,1H3/t19-/m0/s1. The minimum Gasteiger partial charge on any atom is -0.341 e. The van der Waals surface area contributed by atoms with Gasteiger partial charge >= 0.3 is 0 Å². The molecule has 0 saturated carbocycles. The maximum Gasteiger partial charge on any atom is 0.245 e. The fraction of sp³-hybridized carbons (Fsp3) is 0.350. The molecule has 2 aromatic rings. The van der Waals surface area contributed by atoms with Gasteiger partial charge in [0, 0.05) is 13.1 Å². The van der Waals surface area contributed by atoms with Crippen LogP contribution in [0.5, 0.6) is 0 Å². The number of benzene rings is 2. The average Bonchev–Trinajstić information content (AvgIpc) is 3.14. The molecule has 1 N–H and O–H groups in total. The number of nitrogens with one attached hydrogen (secondary N) is 1. The van der Waals surface area contributed by atoms with Gasteiger partial charge in [-0.15, -0.1) is 0 Å². The summed E-state index contributed by atoms with van der Waals surface area (Å²) >= 11 is 0. The van der Waals surface area contributed by atoms with Gasteiger partial charge in [-0.25, -0.2) is 8.42 Å². The zero-order valence-electron chi connectivity index (χ0n) is 14.9. The van der Waals surface area contributed by atoms with Crippen LogP contribution in [0.1, 0.15) is 35.6 Å². The van der Waals surface area contributed by atoms with E-state index in [4.69, 9.17) is 0 Å². The van der Waals surface area contributed by atoms with E-state index >= 15 is 0 Å². The van der Waals surface area contributed by atoms with E-state index < -0.39 is 16.1 Å². The van der Waals surface area contributed by atoms with Crippen LogP contribution in [0.25, 0.3) is 0 Å². The Morgan fingerprint density at radius 1 is 1.08 bits per heavy atom. The first-order valence-electron chi connectivity index (χ1n) is 8.84. The second-order valence-corrected chi connectivity index (χ2v) is 8.50. The maximum atomic E-state index is 12.9. The highest BCUT2D eigenvalue weighted by Gasteiger charge is 2.31. The van der Waals surface area contributed by atoms with Crippen LogP contribution in [0.2, 0.25) is 0 Å². The SMILES string of the molecule is Cc1cccc(CS(=O)(=O)N[C@H](C(=O)N2CCCC2)c2ccccc2)c1. The molecule has 0 bridgehead atoms. The Morgan fingerprint density at radius 2 is 1.77 bits per heavy atom. The Morgan fingerprint density at radius 3 is 2.42 bits per heavy atom. The van der Waals surface area contributed by atoms with Crippen molar-refractivity contribution < 1.29 is 13.2 Å². The van der Waals surface area contributed by atoms with Crippen LogP contribution in [0.4, 0.5) is 0 Å². The van der Waals surface area contributed by atoms with Crippen molar-refractivity contribution in [2.45, 2.75) is 31.6 Å². The molecular formula is C20H24N2O3S. The lowest BCUT2D eigenvalue weighted by Crippen LogP contribution is -2.42. The summed E-state index contributed by atoms with van der Waals surface area (Å²) < 4.78 is 28.1. The summed E-state index contributed by atoms with van der Waals surface area (Å²) in [5.41, 5.74) is 2.38. The molecule has 0 aromatic heterocycles. The number of hydrogen-bond donors (Lipinski definition) is 1. The van der Waals surface area contributed by atoms with E-state index in [1.165, 1.54) is 0 Å². The van der Waals surface area contributed by atoms with Crippen LogP contribution in [-0.4, -0.2) is 32.3 Å². The molecule has 1 aliphatic rings.